The highest BCUT2D eigenvalue weighted by Crippen LogP contribution is 2.40. The largest absolute Gasteiger partial charge is 0.454 e. The SMILES string of the molecule is N#Cc1ccc2nnn(C(=O)N3CCC(N(c4ccc(C(F)(F)F)cc4)c4ccc5c(c4)OCO5)CC3)c2c1. The molecule has 0 unspecified atom stereocenters. The van der Waals surface area contributed by atoms with E-state index in [1.165, 1.54) is 16.8 Å². The number of nitrogens with zero attached hydrogens (tertiary/aromatic N) is 6. The smallest absolute Gasteiger partial charge is 0.416 e. The van der Waals surface area contributed by atoms with Crippen LogP contribution in [0.3, 0.4) is 0 Å². The van der Waals surface area contributed by atoms with E-state index in [0.29, 0.717) is 59.7 Å². The topological polar surface area (TPSA) is 96.5 Å². The van der Waals surface area contributed by atoms with Crippen LogP contribution in [-0.4, -0.2) is 51.8 Å². The van der Waals surface area contributed by atoms with Gasteiger partial charge in [-0.15, -0.1) is 5.10 Å². The Kier molecular flexibility index (Phi) is 5.98. The number of rotatable bonds is 3. The average molecular weight is 534 g/mol. The van der Waals surface area contributed by atoms with E-state index >= 15 is 0 Å². The first-order chi connectivity index (χ1) is 18.8. The molecule has 2 aliphatic rings. The van der Waals surface area contributed by atoms with Gasteiger partial charge in [0.15, 0.2) is 11.5 Å². The Hall–Kier alpha value is -4.79. The maximum Gasteiger partial charge on any atom is 0.416 e. The Labute approximate surface area is 220 Å². The van der Waals surface area contributed by atoms with Crippen molar-refractivity contribution in [2.45, 2.75) is 25.1 Å². The summed E-state index contributed by atoms with van der Waals surface area (Å²) in [5.41, 5.74) is 1.97. The molecule has 1 amide bonds. The summed E-state index contributed by atoms with van der Waals surface area (Å²) >= 11 is 0. The maximum absolute atomic E-state index is 13.3. The van der Waals surface area contributed by atoms with Gasteiger partial charge in [-0.05, 0) is 67.4 Å². The molecule has 1 aromatic heterocycles. The number of piperidine rings is 1. The Bertz CT molecular complexity index is 1590. The molecular formula is C27H21F3N6O3. The minimum atomic E-state index is -4.44. The van der Waals surface area contributed by atoms with E-state index in [2.05, 4.69) is 16.4 Å². The van der Waals surface area contributed by atoms with Crippen molar-refractivity contribution in [1.29, 1.82) is 5.26 Å². The summed E-state index contributed by atoms with van der Waals surface area (Å²) in [4.78, 5) is 16.9. The predicted molar refractivity (Wildman–Crippen MR) is 134 cm³/mol. The number of amides is 1. The molecule has 0 radical (unpaired) electrons. The molecule has 198 valence electrons. The minimum absolute atomic E-state index is 0.104. The fourth-order valence-electron chi connectivity index (χ4n) is 5.00. The van der Waals surface area contributed by atoms with Crippen molar-refractivity contribution in [3.63, 3.8) is 0 Å². The van der Waals surface area contributed by atoms with Gasteiger partial charge in [0.2, 0.25) is 6.79 Å². The van der Waals surface area contributed by atoms with Crippen molar-refractivity contribution in [2.75, 3.05) is 24.8 Å². The highest BCUT2D eigenvalue weighted by molar-refractivity contribution is 5.88. The van der Waals surface area contributed by atoms with Gasteiger partial charge in [-0.3, -0.25) is 0 Å². The van der Waals surface area contributed by atoms with Crippen LogP contribution in [0.25, 0.3) is 11.0 Å². The van der Waals surface area contributed by atoms with Crippen LogP contribution in [0.15, 0.2) is 60.7 Å². The number of hydrogen-bond donors (Lipinski definition) is 0. The standard InChI is InChI=1S/C27H21F3N6O3/c28-27(29,30)18-2-4-19(5-3-18)35(21-6-8-24-25(14-21)39-16-38-24)20-9-11-34(12-10-20)26(37)36-23-13-17(15-31)1-7-22(23)32-33-36/h1-8,13-14,20H,9-12,16H2. The van der Waals surface area contributed by atoms with Crippen LogP contribution in [0.2, 0.25) is 0 Å². The van der Waals surface area contributed by atoms with Gasteiger partial charge in [0, 0.05) is 36.6 Å². The van der Waals surface area contributed by atoms with E-state index in [4.69, 9.17) is 9.47 Å². The zero-order valence-electron chi connectivity index (χ0n) is 20.4. The van der Waals surface area contributed by atoms with E-state index in [-0.39, 0.29) is 18.9 Å². The summed E-state index contributed by atoms with van der Waals surface area (Å²) in [6, 6.07) is 16.9. The Morgan fingerprint density at radius 1 is 0.974 bits per heavy atom. The van der Waals surface area contributed by atoms with Gasteiger partial charge in [0.05, 0.1) is 17.2 Å². The minimum Gasteiger partial charge on any atom is -0.454 e. The number of nitriles is 1. The summed E-state index contributed by atoms with van der Waals surface area (Å²) in [5.74, 6) is 1.16. The average Bonchev–Trinajstić information content (AvgIpc) is 3.59. The van der Waals surface area contributed by atoms with Crippen molar-refractivity contribution < 1.29 is 27.4 Å². The molecule has 4 aromatic rings. The van der Waals surface area contributed by atoms with Crippen molar-refractivity contribution >= 4 is 28.4 Å². The second-order valence-electron chi connectivity index (χ2n) is 9.27. The monoisotopic (exact) mass is 534 g/mol. The number of carbonyl (C=O) groups excluding carboxylic acids is 1. The molecular weight excluding hydrogens is 513 g/mol. The predicted octanol–water partition coefficient (Wildman–Crippen LogP) is 5.32. The highest BCUT2D eigenvalue weighted by Gasteiger charge is 2.33. The zero-order chi connectivity index (χ0) is 27.1. The first-order valence-corrected chi connectivity index (χ1v) is 12.2. The molecule has 39 heavy (non-hydrogen) atoms. The van der Waals surface area contributed by atoms with Crippen molar-refractivity contribution in [2.24, 2.45) is 0 Å². The molecule has 9 nitrogen and oxygen atoms in total. The Morgan fingerprint density at radius 2 is 1.69 bits per heavy atom. The number of fused-ring (bicyclic) bond motifs is 2. The molecule has 1 saturated heterocycles. The Balaban J connectivity index is 1.26. The fraction of sp³-hybridized carbons (Fsp3) is 0.259. The zero-order valence-corrected chi connectivity index (χ0v) is 20.4. The van der Waals surface area contributed by atoms with Crippen LogP contribution in [0.4, 0.5) is 29.3 Å². The molecule has 3 heterocycles. The number of halogens is 3. The maximum atomic E-state index is 13.3. The van der Waals surface area contributed by atoms with Crippen LogP contribution in [0, 0.1) is 11.3 Å². The van der Waals surface area contributed by atoms with Crippen molar-refractivity contribution in [3.05, 3.63) is 71.8 Å². The van der Waals surface area contributed by atoms with Crippen LogP contribution in [-0.2, 0) is 6.18 Å². The Morgan fingerprint density at radius 3 is 2.41 bits per heavy atom. The van der Waals surface area contributed by atoms with Gasteiger partial charge in [-0.25, -0.2) is 4.79 Å². The van der Waals surface area contributed by atoms with E-state index in [9.17, 15) is 23.2 Å². The summed E-state index contributed by atoms with van der Waals surface area (Å²) < 4.78 is 51.8. The number of aromatic nitrogens is 3. The molecule has 3 aromatic carbocycles. The van der Waals surface area contributed by atoms with Crippen LogP contribution in [0.1, 0.15) is 24.0 Å². The third-order valence-electron chi connectivity index (χ3n) is 6.96. The highest BCUT2D eigenvalue weighted by atomic mass is 19.4. The number of benzene rings is 3. The molecule has 0 spiro atoms. The number of likely N-dealkylation sites (tertiary alicyclic amines) is 1. The third kappa shape index (κ3) is 4.56. The number of hydrogen-bond acceptors (Lipinski definition) is 7. The molecule has 1 fully saturated rings. The lowest BCUT2D eigenvalue weighted by Gasteiger charge is -2.39. The first kappa shape index (κ1) is 24.5. The molecule has 6 rings (SSSR count). The fourth-order valence-corrected chi connectivity index (χ4v) is 5.00. The summed E-state index contributed by atoms with van der Waals surface area (Å²) in [6.45, 7) is 0.890. The molecule has 0 aliphatic carbocycles. The third-order valence-corrected chi connectivity index (χ3v) is 6.96. The molecule has 0 saturated carbocycles. The van der Waals surface area contributed by atoms with Gasteiger partial charge in [0.25, 0.3) is 0 Å². The lowest BCUT2D eigenvalue weighted by molar-refractivity contribution is -0.137. The molecule has 0 atom stereocenters. The molecule has 12 heteroatoms. The summed E-state index contributed by atoms with van der Waals surface area (Å²) in [6.07, 6.45) is -3.33. The number of ether oxygens (including phenoxy) is 2. The molecule has 0 N–H and O–H groups in total. The second kappa shape index (κ2) is 9.50. The van der Waals surface area contributed by atoms with E-state index in [1.807, 2.05) is 17.0 Å². The number of anilines is 2. The molecule has 2 aliphatic heterocycles. The van der Waals surface area contributed by atoms with Crippen LogP contribution in [0.5, 0.6) is 11.5 Å². The van der Waals surface area contributed by atoms with Gasteiger partial charge in [-0.2, -0.15) is 23.1 Å². The lowest BCUT2D eigenvalue weighted by Crippen LogP contribution is -2.47. The first-order valence-electron chi connectivity index (χ1n) is 12.2. The van der Waals surface area contributed by atoms with Crippen LogP contribution >= 0.6 is 0 Å². The quantitative estimate of drug-likeness (QED) is 0.351. The second-order valence-corrected chi connectivity index (χ2v) is 9.27. The number of carbonyl (C=O) groups is 1. The van der Waals surface area contributed by atoms with Gasteiger partial charge < -0.3 is 19.3 Å². The van der Waals surface area contributed by atoms with Gasteiger partial charge >= 0.3 is 12.2 Å². The molecule has 0 bridgehead atoms. The van der Waals surface area contributed by atoms with Gasteiger partial charge in [-0.1, -0.05) is 5.21 Å². The van der Waals surface area contributed by atoms with Gasteiger partial charge in [0.1, 0.15) is 11.0 Å². The lowest BCUT2D eigenvalue weighted by atomic mass is 10.0. The normalized spacial score (nSPS) is 15.4. The van der Waals surface area contributed by atoms with E-state index in [0.717, 1.165) is 17.8 Å². The van der Waals surface area contributed by atoms with E-state index in [1.54, 1.807) is 29.2 Å². The van der Waals surface area contributed by atoms with Crippen molar-refractivity contribution in [3.8, 4) is 17.6 Å². The van der Waals surface area contributed by atoms with Crippen molar-refractivity contribution in [1.82, 2.24) is 19.9 Å². The summed E-state index contributed by atoms with van der Waals surface area (Å²) in [5, 5.41) is 17.2. The van der Waals surface area contributed by atoms with Crippen LogP contribution < -0.4 is 14.4 Å². The van der Waals surface area contributed by atoms with E-state index < -0.39 is 11.7 Å². The number of alkyl halides is 3. The summed E-state index contributed by atoms with van der Waals surface area (Å²) in [7, 11) is 0.